The molecule has 0 aliphatic carbocycles. The number of benzene rings is 1. The number of hydrogen-bond donors (Lipinski definition) is 0. The molecular weight excluding hydrogens is 430 g/mol. The van der Waals surface area contributed by atoms with Crippen molar-refractivity contribution in [2.24, 2.45) is 0 Å². The van der Waals surface area contributed by atoms with Gasteiger partial charge in [-0.05, 0) is 32.0 Å². The molecule has 0 bridgehead atoms. The second-order valence-electron chi connectivity index (χ2n) is 5.89. The highest BCUT2D eigenvalue weighted by atomic mass is 79.9. The number of fused-ring (bicyclic) bond motifs is 1. The van der Waals surface area contributed by atoms with Crippen molar-refractivity contribution in [1.82, 2.24) is 9.13 Å². The molecule has 0 saturated carbocycles. The van der Waals surface area contributed by atoms with E-state index in [0.29, 0.717) is 16.5 Å². The normalized spacial score (nSPS) is 10.8. The fourth-order valence-corrected chi connectivity index (χ4v) is 3.25. The summed E-state index contributed by atoms with van der Waals surface area (Å²) in [7, 11) is 0. The Morgan fingerprint density at radius 3 is 2.71 bits per heavy atom. The van der Waals surface area contributed by atoms with E-state index in [1.54, 1.807) is 38.1 Å². The number of nitrogens with zero attached hydrogens (tertiary/aromatic N) is 3. The minimum absolute atomic E-state index is 0.0772. The number of furan rings is 1. The summed E-state index contributed by atoms with van der Waals surface area (Å²) in [5, 5.41) is 9.79. The fraction of sp³-hybridized carbons (Fsp3) is 0.263. The van der Waals surface area contributed by atoms with Crippen molar-refractivity contribution in [2.45, 2.75) is 26.9 Å². The van der Waals surface area contributed by atoms with Crippen LogP contribution in [0.3, 0.4) is 0 Å². The molecule has 28 heavy (non-hydrogen) atoms. The summed E-state index contributed by atoms with van der Waals surface area (Å²) >= 11 is 3.37. The first-order valence-corrected chi connectivity index (χ1v) is 9.32. The number of carbonyl (C=O) groups excluding carboxylic acids is 1. The van der Waals surface area contributed by atoms with Crippen molar-refractivity contribution in [2.75, 3.05) is 6.61 Å². The van der Waals surface area contributed by atoms with Gasteiger partial charge in [-0.2, -0.15) is 5.26 Å². The Labute approximate surface area is 167 Å². The second-order valence-corrected chi connectivity index (χ2v) is 6.80. The van der Waals surface area contributed by atoms with Gasteiger partial charge < -0.3 is 9.15 Å². The minimum Gasteiger partial charge on any atom is -0.460 e. The molecule has 0 aliphatic heterocycles. The molecule has 0 atom stereocenters. The third-order valence-corrected chi connectivity index (χ3v) is 4.72. The topological polar surface area (TPSA) is 107 Å². The monoisotopic (exact) mass is 445 g/mol. The highest BCUT2D eigenvalue weighted by Gasteiger charge is 2.24. The third-order valence-electron chi connectivity index (χ3n) is 4.23. The van der Waals surface area contributed by atoms with Crippen LogP contribution in [-0.4, -0.2) is 21.7 Å². The van der Waals surface area contributed by atoms with Crippen molar-refractivity contribution in [3.63, 3.8) is 0 Å². The summed E-state index contributed by atoms with van der Waals surface area (Å²) in [5.74, 6) is -0.767. The lowest BCUT2D eigenvalue weighted by Crippen LogP contribution is -2.41. The zero-order chi connectivity index (χ0) is 20.4. The van der Waals surface area contributed by atoms with Gasteiger partial charge in [0.25, 0.3) is 5.56 Å². The first-order chi connectivity index (χ1) is 13.4. The van der Waals surface area contributed by atoms with E-state index in [-0.39, 0.29) is 31.0 Å². The number of aromatic nitrogens is 2. The SMILES string of the molecule is CCOC(=O)c1oc2ccc(Br)cc2c1Cn1c(=O)c(C#N)cn(CC)c1=O. The number of hydrogen-bond acceptors (Lipinski definition) is 6. The number of carbonyl (C=O) groups is 1. The van der Waals surface area contributed by atoms with Crippen LogP contribution in [0.15, 0.2) is 42.9 Å². The van der Waals surface area contributed by atoms with E-state index in [4.69, 9.17) is 9.15 Å². The van der Waals surface area contributed by atoms with Gasteiger partial charge in [0.15, 0.2) is 0 Å². The lowest BCUT2D eigenvalue weighted by molar-refractivity contribution is 0.0490. The summed E-state index contributed by atoms with van der Waals surface area (Å²) in [6.07, 6.45) is 1.23. The smallest absolute Gasteiger partial charge is 0.374 e. The Morgan fingerprint density at radius 1 is 1.32 bits per heavy atom. The second kappa shape index (κ2) is 7.86. The summed E-state index contributed by atoms with van der Waals surface area (Å²) in [6, 6.07) is 6.95. The van der Waals surface area contributed by atoms with Gasteiger partial charge in [-0.3, -0.25) is 13.9 Å². The van der Waals surface area contributed by atoms with Crippen LogP contribution in [0.2, 0.25) is 0 Å². The summed E-state index contributed by atoms with van der Waals surface area (Å²) < 4.78 is 13.6. The van der Waals surface area contributed by atoms with Gasteiger partial charge in [0.05, 0.1) is 13.2 Å². The maximum atomic E-state index is 12.7. The van der Waals surface area contributed by atoms with Gasteiger partial charge in [0.1, 0.15) is 17.2 Å². The van der Waals surface area contributed by atoms with E-state index in [9.17, 15) is 19.6 Å². The number of esters is 1. The molecule has 0 spiro atoms. The molecule has 144 valence electrons. The molecule has 1 aromatic carbocycles. The Morgan fingerprint density at radius 2 is 2.07 bits per heavy atom. The lowest BCUT2D eigenvalue weighted by Gasteiger charge is -2.10. The molecule has 0 radical (unpaired) electrons. The van der Waals surface area contributed by atoms with E-state index in [1.165, 1.54) is 10.8 Å². The van der Waals surface area contributed by atoms with Crippen molar-refractivity contribution < 1.29 is 13.9 Å². The van der Waals surface area contributed by atoms with Crippen LogP contribution >= 0.6 is 15.9 Å². The molecule has 0 unspecified atom stereocenters. The van der Waals surface area contributed by atoms with Gasteiger partial charge in [-0.25, -0.2) is 9.59 Å². The van der Waals surface area contributed by atoms with Crippen LogP contribution in [0, 0.1) is 11.3 Å². The molecule has 0 N–H and O–H groups in total. The summed E-state index contributed by atoms with van der Waals surface area (Å²) in [4.78, 5) is 37.7. The van der Waals surface area contributed by atoms with E-state index < -0.39 is 17.2 Å². The molecule has 0 aliphatic rings. The predicted octanol–water partition coefficient (Wildman–Crippen LogP) is 2.64. The molecule has 2 aromatic heterocycles. The molecule has 0 saturated heterocycles. The van der Waals surface area contributed by atoms with Gasteiger partial charge in [-0.15, -0.1) is 0 Å². The average Bonchev–Trinajstić information content (AvgIpc) is 3.03. The first-order valence-electron chi connectivity index (χ1n) is 8.53. The average molecular weight is 446 g/mol. The molecule has 9 heteroatoms. The van der Waals surface area contributed by atoms with Gasteiger partial charge in [0, 0.05) is 28.2 Å². The van der Waals surface area contributed by atoms with Crippen molar-refractivity contribution in [3.05, 3.63) is 66.6 Å². The highest BCUT2D eigenvalue weighted by molar-refractivity contribution is 9.10. The van der Waals surface area contributed by atoms with E-state index in [1.807, 2.05) is 0 Å². The molecule has 2 heterocycles. The van der Waals surface area contributed by atoms with Gasteiger partial charge in [0.2, 0.25) is 5.76 Å². The Kier molecular flexibility index (Phi) is 5.51. The van der Waals surface area contributed by atoms with Gasteiger partial charge >= 0.3 is 11.7 Å². The van der Waals surface area contributed by atoms with Crippen molar-refractivity contribution in [3.8, 4) is 6.07 Å². The Bertz CT molecular complexity index is 1230. The minimum atomic E-state index is -0.726. The Balaban J connectivity index is 2.28. The highest BCUT2D eigenvalue weighted by Crippen LogP contribution is 2.29. The molecule has 0 fully saturated rings. The van der Waals surface area contributed by atoms with Crippen LogP contribution in [0.5, 0.6) is 0 Å². The first kappa shape index (κ1) is 19.6. The van der Waals surface area contributed by atoms with Crippen LogP contribution < -0.4 is 11.2 Å². The third kappa shape index (κ3) is 3.39. The maximum Gasteiger partial charge on any atom is 0.374 e. The molecule has 8 nitrogen and oxygen atoms in total. The van der Waals surface area contributed by atoms with E-state index in [0.717, 1.165) is 9.04 Å². The molecule has 3 rings (SSSR count). The van der Waals surface area contributed by atoms with Crippen molar-refractivity contribution in [1.29, 1.82) is 5.26 Å². The number of rotatable bonds is 5. The van der Waals surface area contributed by atoms with E-state index in [2.05, 4.69) is 15.9 Å². The number of ether oxygens (including phenoxy) is 1. The summed E-state index contributed by atoms with van der Waals surface area (Å²) in [5.41, 5.74) is -0.705. The van der Waals surface area contributed by atoms with E-state index >= 15 is 0 Å². The van der Waals surface area contributed by atoms with Crippen molar-refractivity contribution >= 4 is 32.9 Å². The Hall–Kier alpha value is -3.12. The molecule has 0 amide bonds. The lowest BCUT2D eigenvalue weighted by atomic mass is 10.1. The van der Waals surface area contributed by atoms with Gasteiger partial charge in [-0.1, -0.05) is 15.9 Å². The number of halogens is 1. The molecular formula is C19H16BrN3O5. The zero-order valence-electron chi connectivity index (χ0n) is 15.2. The quantitative estimate of drug-likeness (QED) is 0.558. The number of aryl methyl sites for hydroxylation is 1. The largest absolute Gasteiger partial charge is 0.460 e. The van der Waals surface area contributed by atoms with Crippen LogP contribution in [0.1, 0.15) is 35.5 Å². The number of nitriles is 1. The maximum absolute atomic E-state index is 12.7. The van der Waals surface area contributed by atoms with Crippen LogP contribution in [-0.2, 0) is 17.8 Å². The summed E-state index contributed by atoms with van der Waals surface area (Å²) in [6.45, 7) is 3.59. The van der Waals surface area contributed by atoms with Crippen LogP contribution in [0.25, 0.3) is 11.0 Å². The fourth-order valence-electron chi connectivity index (χ4n) is 2.89. The standard InChI is InChI=1S/C19H16BrN3O5/c1-3-22-9-11(8-21)17(24)23(19(22)26)10-14-13-7-12(20)5-6-15(13)28-16(14)18(25)27-4-2/h5-7,9H,3-4,10H2,1-2H3. The predicted molar refractivity (Wildman–Crippen MR) is 104 cm³/mol. The van der Waals surface area contributed by atoms with Crippen LogP contribution in [0.4, 0.5) is 0 Å². The zero-order valence-corrected chi connectivity index (χ0v) is 16.8. The molecule has 3 aromatic rings.